The van der Waals surface area contributed by atoms with Crippen LogP contribution in [0.2, 0.25) is 0 Å². The second kappa shape index (κ2) is 12.6. The van der Waals surface area contributed by atoms with Gasteiger partial charge < -0.3 is 21.3 Å². The molecular weight excluding hydrogens is 523 g/mol. The van der Waals surface area contributed by atoms with E-state index in [4.69, 9.17) is 0 Å². The van der Waals surface area contributed by atoms with E-state index in [0.29, 0.717) is 34.6 Å². The molecule has 38 heavy (non-hydrogen) atoms. The second-order valence-corrected chi connectivity index (χ2v) is 9.11. The van der Waals surface area contributed by atoms with E-state index < -0.39 is 0 Å². The molecule has 198 valence electrons. The molecule has 2 amide bonds. The Morgan fingerprint density at radius 1 is 0.684 bits per heavy atom. The molecule has 0 saturated heterocycles. The molecule has 0 bridgehead atoms. The third-order valence-electron chi connectivity index (χ3n) is 6.03. The van der Waals surface area contributed by atoms with Gasteiger partial charge in [-0.25, -0.2) is 0 Å². The number of halogens is 2. The second-order valence-electron chi connectivity index (χ2n) is 9.11. The Hall–Kier alpha value is -3.88. The number of amides is 2. The number of nitrogens with one attached hydrogen (secondary N) is 4. The van der Waals surface area contributed by atoms with E-state index in [2.05, 4.69) is 45.1 Å². The zero-order valence-electron chi connectivity index (χ0n) is 21.0. The maximum absolute atomic E-state index is 12.8. The highest BCUT2D eigenvalue weighted by Gasteiger charge is 2.16. The summed E-state index contributed by atoms with van der Waals surface area (Å²) in [5, 5.41) is 12.4. The fourth-order valence-electron chi connectivity index (χ4n) is 4.09. The van der Waals surface area contributed by atoms with Crippen molar-refractivity contribution < 1.29 is 9.59 Å². The molecule has 0 saturated carbocycles. The largest absolute Gasteiger partial charge is 0.366 e. The minimum atomic E-state index is -0.286. The van der Waals surface area contributed by atoms with E-state index in [0.717, 1.165) is 35.9 Å². The Morgan fingerprint density at radius 3 is 1.42 bits per heavy atom. The Morgan fingerprint density at radius 2 is 1.08 bits per heavy atom. The van der Waals surface area contributed by atoms with Crippen molar-refractivity contribution in [2.45, 2.75) is 25.9 Å². The van der Waals surface area contributed by atoms with E-state index in [1.807, 2.05) is 48.5 Å². The summed E-state index contributed by atoms with van der Waals surface area (Å²) in [6, 6.07) is 22.4. The molecule has 2 atom stereocenters. The molecule has 8 nitrogen and oxygen atoms in total. The summed E-state index contributed by atoms with van der Waals surface area (Å²) in [7, 11) is 0. The van der Waals surface area contributed by atoms with Crippen molar-refractivity contribution in [1.29, 1.82) is 0 Å². The van der Waals surface area contributed by atoms with Crippen molar-refractivity contribution in [2.75, 3.05) is 23.7 Å². The molecule has 3 aromatic rings. The molecule has 0 aromatic heterocycles. The van der Waals surface area contributed by atoms with Crippen LogP contribution in [0, 0.1) is 0 Å². The quantitative estimate of drug-likeness (QED) is 0.360. The number of rotatable bonds is 6. The molecular formula is C28H30Cl2N6O2. The van der Waals surface area contributed by atoms with Crippen LogP contribution in [0.15, 0.2) is 82.8 Å². The molecule has 2 heterocycles. The van der Waals surface area contributed by atoms with E-state index >= 15 is 0 Å². The van der Waals surface area contributed by atoms with Gasteiger partial charge in [0.15, 0.2) is 0 Å². The lowest BCUT2D eigenvalue weighted by atomic mass is 10.1. The highest BCUT2D eigenvalue weighted by atomic mass is 35.5. The smallest absolute Gasteiger partial charge is 0.255 e. The van der Waals surface area contributed by atoms with Crippen LogP contribution in [0.4, 0.5) is 11.4 Å². The molecule has 2 aliphatic heterocycles. The van der Waals surface area contributed by atoms with Crippen molar-refractivity contribution in [3.05, 3.63) is 95.1 Å². The Bertz CT molecular complexity index is 1260. The van der Waals surface area contributed by atoms with Crippen LogP contribution < -0.4 is 21.3 Å². The summed E-state index contributed by atoms with van der Waals surface area (Å²) in [5.41, 5.74) is 4.09. The van der Waals surface area contributed by atoms with Crippen LogP contribution in [-0.2, 0) is 0 Å². The molecule has 0 aliphatic carbocycles. The van der Waals surface area contributed by atoms with Gasteiger partial charge in [0.2, 0.25) is 0 Å². The number of hydrogen-bond acceptors (Lipinski definition) is 6. The first-order valence-corrected chi connectivity index (χ1v) is 12.0. The lowest BCUT2D eigenvalue weighted by molar-refractivity contribution is 0.102. The third-order valence-corrected chi connectivity index (χ3v) is 6.03. The van der Waals surface area contributed by atoms with Gasteiger partial charge in [-0.2, -0.15) is 0 Å². The summed E-state index contributed by atoms with van der Waals surface area (Å²) in [5.74, 6) is 1.16. The summed E-state index contributed by atoms with van der Waals surface area (Å²) >= 11 is 0. The SMILES string of the molecule is CC1CN=C(c2ccc(NC(=O)c3cccc(C(=O)Nc4ccc(C5=NCC(C)N5)cc4)c3)cc2)N1.Cl.Cl. The lowest BCUT2D eigenvalue weighted by Crippen LogP contribution is -2.27. The number of benzene rings is 3. The lowest BCUT2D eigenvalue weighted by Gasteiger charge is -2.10. The number of aliphatic imine (C=N–C) groups is 2. The van der Waals surface area contributed by atoms with Crippen LogP contribution in [0.3, 0.4) is 0 Å². The first-order chi connectivity index (χ1) is 17.4. The standard InChI is InChI=1S/C28H28N6O2.2ClH/c1-17-15-29-25(31-17)19-6-10-23(11-7-19)33-27(35)21-4-3-5-22(14-21)28(36)34-24-12-8-20(9-13-24)26-30-16-18(2)32-26;;/h3-14,17-18H,15-16H2,1-2H3,(H,29,31)(H,30,32)(H,33,35)(H,34,36);2*1H. The van der Waals surface area contributed by atoms with Crippen LogP contribution in [-0.4, -0.2) is 48.7 Å². The molecule has 2 unspecified atom stereocenters. The van der Waals surface area contributed by atoms with Gasteiger partial charge >= 0.3 is 0 Å². The van der Waals surface area contributed by atoms with Gasteiger partial charge in [0.1, 0.15) is 11.7 Å². The minimum Gasteiger partial charge on any atom is -0.366 e. The molecule has 4 N–H and O–H groups in total. The summed E-state index contributed by atoms with van der Waals surface area (Å²) in [6.07, 6.45) is 0. The molecule has 0 fully saturated rings. The van der Waals surface area contributed by atoms with Gasteiger partial charge in [-0.05, 0) is 80.6 Å². The molecule has 10 heteroatoms. The fraction of sp³-hybridized carbons (Fsp3) is 0.214. The summed E-state index contributed by atoms with van der Waals surface area (Å²) in [4.78, 5) is 34.6. The number of hydrogen-bond donors (Lipinski definition) is 4. The van der Waals surface area contributed by atoms with Gasteiger partial charge in [0.05, 0.1) is 13.1 Å². The minimum absolute atomic E-state index is 0. The van der Waals surface area contributed by atoms with Crippen molar-refractivity contribution in [3.8, 4) is 0 Å². The van der Waals surface area contributed by atoms with Crippen molar-refractivity contribution in [2.24, 2.45) is 9.98 Å². The topological polar surface area (TPSA) is 107 Å². The monoisotopic (exact) mass is 552 g/mol. The van der Waals surface area contributed by atoms with Crippen LogP contribution in [0.25, 0.3) is 0 Å². The molecule has 0 spiro atoms. The number of nitrogens with zero attached hydrogens (tertiary/aromatic N) is 2. The average Bonchev–Trinajstić information content (AvgIpc) is 3.53. The van der Waals surface area contributed by atoms with Gasteiger partial charge in [-0.1, -0.05) is 6.07 Å². The van der Waals surface area contributed by atoms with Crippen LogP contribution >= 0.6 is 24.8 Å². The van der Waals surface area contributed by atoms with Crippen molar-refractivity contribution >= 4 is 59.7 Å². The first-order valence-electron chi connectivity index (χ1n) is 12.0. The molecule has 5 rings (SSSR count). The molecule has 3 aromatic carbocycles. The zero-order valence-corrected chi connectivity index (χ0v) is 22.7. The van der Waals surface area contributed by atoms with Crippen molar-refractivity contribution in [1.82, 2.24) is 10.6 Å². The number of anilines is 2. The van der Waals surface area contributed by atoms with E-state index in [1.54, 1.807) is 24.3 Å². The van der Waals surface area contributed by atoms with E-state index in [1.165, 1.54) is 0 Å². The fourth-order valence-corrected chi connectivity index (χ4v) is 4.09. The molecule has 0 radical (unpaired) electrons. The van der Waals surface area contributed by atoms with Crippen molar-refractivity contribution in [3.63, 3.8) is 0 Å². The number of amidine groups is 2. The average molecular weight is 553 g/mol. The highest BCUT2D eigenvalue weighted by Crippen LogP contribution is 2.16. The van der Waals surface area contributed by atoms with Crippen LogP contribution in [0.5, 0.6) is 0 Å². The maximum Gasteiger partial charge on any atom is 0.255 e. The Labute approximate surface area is 234 Å². The van der Waals surface area contributed by atoms with E-state index in [9.17, 15) is 9.59 Å². The Balaban J connectivity index is 0.00000200. The maximum atomic E-state index is 12.8. The summed E-state index contributed by atoms with van der Waals surface area (Å²) in [6.45, 7) is 5.69. The predicted molar refractivity (Wildman–Crippen MR) is 158 cm³/mol. The van der Waals surface area contributed by atoms with Gasteiger partial charge in [-0.3, -0.25) is 19.6 Å². The number of carbonyl (C=O) groups is 2. The summed E-state index contributed by atoms with van der Waals surface area (Å²) < 4.78 is 0. The van der Waals surface area contributed by atoms with E-state index in [-0.39, 0.29) is 36.6 Å². The van der Waals surface area contributed by atoms with Gasteiger partial charge in [0, 0.05) is 45.7 Å². The Kier molecular flexibility index (Phi) is 9.50. The molecule has 2 aliphatic rings. The first kappa shape index (κ1) is 28.7. The highest BCUT2D eigenvalue weighted by molar-refractivity contribution is 6.09. The predicted octanol–water partition coefficient (Wildman–Crippen LogP) is 4.51. The zero-order chi connectivity index (χ0) is 25.1. The van der Waals surface area contributed by atoms with Crippen LogP contribution in [0.1, 0.15) is 45.7 Å². The number of carbonyl (C=O) groups excluding carboxylic acids is 2. The van der Waals surface area contributed by atoms with Gasteiger partial charge in [-0.15, -0.1) is 24.8 Å². The normalized spacial score (nSPS) is 17.5. The van der Waals surface area contributed by atoms with Gasteiger partial charge in [0.25, 0.3) is 11.8 Å². The third kappa shape index (κ3) is 6.70.